The van der Waals surface area contributed by atoms with Crippen LogP contribution in [0.15, 0.2) is 24.5 Å². The van der Waals surface area contributed by atoms with Gasteiger partial charge in [-0.2, -0.15) is 0 Å². The smallest absolute Gasteiger partial charge is 0.0974 e. The standard InChI is InChI=1S/C12H15N3S/c1-9-11(2-5-13)16-12(15-9)8-10-3-6-14-7-4-10/h3-4,6-7H,2,5,8,13H2,1H3. The van der Waals surface area contributed by atoms with E-state index in [1.807, 2.05) is 24.5 Å². The molecule has 2 aromatic rings. The number of pyridine rings is 1. The summed E-state index contributed by atoms with van der Waals surface area (Å²) < 4.78 is 0. The number of hydrogen-bond acceptors (Lipinski definition) is 4. The van der Waals surface area contributed by atoms with E-state index in [9.17, 15) is 0 Å². The van der Waals surface area contributed by atoms with Crippen molar-refractivity contribution < 1.29 is 0 Å². The lowest BCUT2D eigenvalue weighted by molar-refractivity contribution is 0.966. The van der Waals surface area contributed by atoms with Crippen LogP contribution in [0, 0.1) is 6.92 Å². The van der Waals surface area contributed by atoms with Gasteiger partial charge in [-0.15, -0.1) is 11.3 Å². The Morgan fingerprint density at radius 1 is 1.31 bits per heavy atom. The van der Waals surface area contributed by atoms with Crippen molar-refractivity contribution in [2.24, 2.45) is 5.73 Å². The van der Waals surface area contributed by atoms with Gasteiger partial charge in [0.1, 0.15) is 0 Å². The van der Waals surface area contributed by atoms with E-state index in [1.54, 1.807) is 11.3 Å². The molecule has 0 aliphatic heterocycles. The molecule has 0 amide bonds. The largest absolute Gasteiger partial charge is 0.330 e. The minimum Gasteiger partial charge on any atom is -0.330 e. The monoisotopic (exact) mass is 233 g/mol. The lowest BCUT2D eigenvalue weighted by Gasteiger charge is -1.95. The topological polar surface area (TPSA) is 51.8 Å². The number of aryl methyl sites for hydroxylation is 1. The van der Waals surface area contributed by atoms with E-state index in [4.69, 9.17) is 5.73 Å². The molecule has 0 atom stereocenters. The summed E-state index contributed by atoms with van der Waals surface area (Å²) in [7, 11) is 0. The maximum Gasteiger partial charge on any atom is 0.0974 e. The Hall–Kier alpha value is -1.26. The molecule has 3 nitrogen and oxygen atoms in total. The molecule has 4 heteroatoms. The van der Waals surface area contributed by atoms with Crippen LogP contribution in [0.1, 0.15) is 21.1 Å². The van der Waals surface area contributed by atoms with E-state index in [-0.39, 0.29) is 0 Å². The van der Waals surface area contributed by atoms with Gasteiger partial charge in [0.2, 0.25) is 0 Å². The molecule has 0 radical (unpaired) electrons. The maximum absolute atomic E-state index is 5.56. The third kappa shape index (κ3) is 2.65. The van der Waals surface area contributed by atoms with Crippen LogP contribution in [-0.2, 0) is 12.8 Å². The quantitative estimate of drug-likeness (QED) is 0.878. The van der Waals surface area contributed by atoms with Gasteiger partial charge in [0, 0.05) is 23.7 Å². The lowest BCUT2D eigenvalue weighted by Crippen LogP contribution is -2.01. The SMILES string of the molecule is Cc1nc(Cc2ccncc2)sc1CCN. The van der Waals surface area contributed by atoms with Crippen LogP contribution < -0.4 is 5.73 Å². The highest BCUT2D eigenvalue weighted by atomic mass is 32.1. The second-order valence-electron chi connectivity index (χ2n) is 3.69. The molecule has 0 spiro atoms. The summed E-state index contributed by atoms with van der Waals surface area (Å²) in [6.07, 6.45) is 5.45. The Labute approximate surface area is 99.4 Å². The highest BCUT2D eigenvalue weighted by Gasteiger charge is 2.07. The molecule has 2 aromatic heterocycles. The molecule has 2 rings (SSSR count). The summed E-state index contributed by atoms with van der Waals surface area (Å²) in [5.74, 6) is 0. The molecule has 2 heterocycles. The van der Waals surface area contributed by atoms with Gasteiger partial charge in [0.05, 0.1) is 10.7 Å². The third-order valence-electron chi connectivity index (χ3n) is 2.41. The minimum absolute atomic E-state index is 0.692. The number of rotatable bonds is 4. The third-order valence-corrected chi connectivity index (χ3v) is 3.63. The molecule has 0 bridgehead atoms. The average Bonchev–Trinajstić information content (AvgIpc) is 2.61. The first-order chi connectivity index (χ1) is 7.79. The van der Waals surface area contributed by atoms with Crippen LogP contribution in [0.2, 0.25) is 0 Å². The molecule has 0 saturated heterocycles. The number of thiazole rings is 1. The van der Waals surface area contributed by atoms with Crippen molar-refractivity contribution in [1.29, 1.82) is 0 Å². The zero-order chi connectivity index (χ0) is 11.4. The van der Waals surface area contributed by atoms with Crippen LogP contribution in [0.4, 0.5) is 0 Å². The van der Waals surface area contributed by atoms with E-state index >= 15 is 0 Å². The van der Waals surface area contributed by atoms with Gasteiger partial charge in [-0.3, -0.25) is 4.98 Å². The predicted octanol–water partition coefficient (Wildman–Crippen LogP) is 1.94. The van der Waals surface area contributed by atoms with Crippen molar-refractivity contribution in [3.8, 4) is 0 Å². The first kappa shape index (κ1) is 11.2. The first-order valence-corrected chi connectivity index (χ1v) is 6.15. The zero-order valence-corrected chi connectivity index (χ0v) is 10.1. The number of aromatic nitrogens is 2. The van der Waals surface area contributed by atoms with Crippen molar-refractivity contribution in [3.63, 3.8) is 0 Å². The summed E-state index contributed by atoms with van der Waals surface area (Å²) in [5.41, 5.74) is 7.94. The Bertz CT molecular complexity index is 451. The van der Waals surface area contributed by atoms with Crippen molar-refractivity contribution in [2.75, 3.05) is 6.54 Å². The van der Waals surface area contributed by atoms with E-state index in [0.717, 1.165) is 23.5 Å². The van der Waals surface area contributed by atoms with Crippen LogP contribution >= 0.6 is 11.3 Å². The lowest BCUT2D eigenvalue weighted by atomic mass is 10.2. The molecular formula is C12H15N3S. The fourth-order valence-electron chi connectivity index (χ4n) is 1.60. The van der Waals surface area contributed by atoms with Gasteiger partial charge in [-0.25, -0.2) is 4.98 Å². The van der Waals surface area contributed by atoms with Crippen molar-refractivity contribution in [3.05, 3.63) is 45.7 Å². The van der Waals surface area contributed by atoms with E-state index in [0.29, 0.717) is 6.54 Å². The number of nitrogens with zero attached hydrogens (tertiary/aromatic N) is 2. The summed E-state index contributed by atoms with van der Waals surface area (Å²) in [4.78, 5) is 9.88. The van der Waals surface area contributed by atoms with Crippen LogP contribution in [-0.4, -0.2) is 16.5 Å². The second kappa shape index (κ2) is 5.18. The van der Waals surface area contributed by atoms with Gasteiger partial charge in [-0.05, 0) is 37.6 Å². The number of nitrogens with two attached hydrogens (primary N) is 1. The molecule has 0 aromatic carbocycles. The summed E-state index contributed by atoms with van der Waals surface area (Å²) >= 11 is 1.77. The van der Waals surface area contributed by atoms with Crippen molar-refractivity contribution in [1.82, 2.24) is 9.97 Å². The van der Waals surface area contributed by atoms with Crippen LogP contribution in [0.25, 0.3) is 0 Å². The summed E-state index contributed by atoms with van der Waals surface area (Å²) in [6, 6.07) is 4.05. The van der Waals surface area contributed by atoms with Gasteiger partial charge < -0.3 is 5.73 Å². The van der Waals surface area contributed by atoms with Gasteiger partial charge in [0.25, 0.3) is 0 Å². The summed E-state index contributed by atoms with van der Waals surface area (Å²) in [6.45, 7) is 2.75. The van der Waals surface area contributed by atoms with Crippen LogP contribution in [0.3, 0.4) is 0 Å². The summed E-state index contributed by atoms with van der Waals surface area (Å²) in [5, 5.41) is 1.16. The fraction of sp³-hybridized carbons (Fsp3) is 0.333. The molecule has 0 aliphatic rings. The normalized spacial score (nSPS) is 10.6. The highest BCUT2D eigenvalue weighted by molar-refractivity contribution is 7.11. The van der Waals surface area contributed by atoms with Crippen molar-refractivity contribution in [2.45, 2.75) is 19.8 Å². The second-order valence-corrected chi connectivity index (χ2v) is 4.86. The Balaban J connectivity index is 2.13. The zero-order valence-electron chi connectivity index (χ0n) is 9.31. The predicted molar refractivity (Wildman–Crippen MR) is 66.7 cm³/mol. The molecule has 0 unspecified atom stereocenters. The van der Waals surface area contributed by atoms with Gasteiger partial charge in [-0.1, -0.05) is 0 Å². The van der Waals surface area contributed by atoms with Crippen LogP contribution in [0.5, 0.6) is 0 Å². The van der Waals surface area contributed by atoms with Gasteiger partial charge >= 0.3 is 0 Å². The van der Waals surface area contributed by atoms with E-state index in [2.05, 4.69) is 16.9 Å². The molecule has 0 fully saturated rings. The first-order valence-electron chi connectivity index (χ1n) is 5.33. The van der Waals surface area contributed by atoms with Crippen molar-refractivity contribution >= 4 is 11.3 Å². The molecule has 0 saturated carbocycles. The molecule has 16 heavy (non-hydrogen) atoms. The molecule has 2 N–H and O–H groups in total. The van der Waals surface area contributed by atoms with E-state index in [1.165, 1.54) is 10.4 Å². The Kier molecular flexibility index (Phi) is 3.64. The minimum atomic E-state index is 0.692. The highest BCUT2D eigenvalue weighted by Crippen LogP contribution is 2.20. The molecular weight excluding hydrogens is 218 g/mol. The molecule has 84 valence electrons. The average molecular weight is 233 g/mol. The Morgan fingerprint density at radius 2 is 2.06 bits per heavy atom. The Morgan fingerprint density at radius 3 is 2.75 bits per heavy atom. The fourth-order valence-corrected chi connectivity index (χ4v) is 2.72. The maximum atomic E-state index is 5.56. The molecule has 0 aliphatic carbocycles. The number of hydrogen-bond donors (Lipinski definition) is 1. The van der Waals surface area contributed by atoms with Gasteiger partial charge in [0.15, 0.2) is 0 Å². The van der Waals surface area contributed by atoms with E-state index < -0.39 is 0 Å².